The molecule has 0 unspecified atom stereocenters. The van der Waals surface area contributed by atoms with Crippen molar-refractivity contribution in [2.45, 2.75) is 39.3 Å². The van der Waals surface area contributed by atoms with Crippen LogP contribution >= 0.6 is 0 Å². The highest BCUT2D eigenvalue weighted by Gasteiger charge is 2.15. The minimum absolute atomic E-state index is 0.861. The molecule has 0 saturated carbocycles. The van der Waals surface area contributed by atoms with Crippen LogP contribution in [0, 0.1) is 0 Å². The van der Waals surface area contributed by atoms with Gasteiger partial charge in [-0.05, 0) is 40.0 Å². The van der Waals surface area contributed by atoms with Gasteiger partial charge in [0, 0.05) is 14.2 Å². The molecular weight excluding hydrogens is 312 g/mol. The Balaban J connectivity index is -0.000000102. The molecule has 12 heteroatoms. The quantitative estimate of drug-likeness (QED) is 0.297. The van der Waals surface area contributed by atoms with Crippen LogP contribution in [0.2, 0.25) is 0 Å². The van der Waals surface area contributed by atoms with E-state index < -0.39 is 23.9 Å². The summed E-state index contributed by atoms with van der Waals surface area (Å²) in [6.07, 6.45) is -4.67. The van der Waals surface area contributed by atoms with Crippen LogP contribution in [0.3, 0.4) is 0 Å². The number of methoxy groups -OCH3 is 2. The summed E-state index contributed by atoms with van der Waals surface area (Å²) in [6.45, 7) is 6.42. The predicted octanol–water partition coefficient (Wildman–Crippen LogP) is -3.18. The van der Waals surface area contributed by atoms with Crippen molar-refractivity contribution >= 4 is 12.3 Å². The molecule has 0 amide bonds. The van der Waals surface area contributed by atoms with Crippen molar-refractivity contribution in [3.63, 3.8) is 0 Å². The first-order valence-corrected chi connectivity index (χ1v) is 5.22. The van der Waals surface area contributed by atoms with Crippen molar-refractivity contribution in [2.75, 3.05) is 14.2 Å². The highest BCUT2D eigenvalue weighted by atomic mass is 17.1. The first kappa shape index (κ1) is 28.5. The van der Waals surface area contributed by atoms with Gasteiger partial charge in [0.1, 0.15) is 0 Å². The maximum Gasteiger partial charge on any atom is 0.195 e. The molecule has 0 aromatic heterocycles. The van der Waals surface area contributed by atoms with E-state index >= 15 is 0 Å². The van der Waals surface area contributed by atoms with E-state index in [1.165, 1.54) is 14.2 Å². The fourth-order valence-corrected chi connectivity index (χ4v) is 0.0745. The van der Waals surface area contributed by atoms with E-state index in [9.17, 15) is 0 Å². The van der Waals surface area contributed by atoms with Crippen LogP contribution in [0.25, 0.3) is 0 Å². The minimum Gasteiger partial charge on any atom is -0.652 e. The van der Waals surface area contributed by atoms with Gasteiger partial charge in [0.2, 0.25) is 0 Å². The molecule has 12 nitrogen and oxygen atoms in total. The number of ether oxygens (including phenoxy) is 2. The van der Waals surface area contributed by atoms with Crippen molar-refractivity contribution in [1.29, 1.82) is 0 Å². The normalized spacial score (nSPS) is 9.82. The second-order valence-electron chi connectivity index (χ2n) is 3.89. The number of hydrogen-bond donors (Lipinski definition) is 2. The minimum atomic E-state index is -2.33. The maximum atomic E-state index is 8.33. The smallest absolute Gasteiger partial charge is 0.195 e. The summed E-state index contributed by atoms with van der Waals surface area (Å²) in [4.78, 5) is 24.4. The van der Waals surface area contributed by atoms with Crippen molar-refractivity contribution in [1.82, 2.24) is 0 Å². The molecule has 0 spiro atoms. The van der Waals surface area contributed by atoms with Gasteiger partial charge >= 0.3 is 0 Å². The van der Waals surface area contributed by atoms with Crippen LogP contribution in [0.5, 0.6) is 0 Å². The Bertz CT molecular complexity index is 227. The number of hydrogen-bond acceptors (Lipinski definition) is 12. The van der Waals surface area contributed by atoms with E-state index in [2.05, 4.69) is 19.2 Å². The molecule has 0 aromatic rings. The van der Waals surface area contributed by atoms with Crippen LogP contribution in [-0.2, 0) is 19.2 Å². The number of rotatable bonds is 4. The Labute approximate surface area is 126 Å². The Morgan fingerprint density at radius 1 is 0.727 bits per heavy atom. The van der Waals surface area contributed by atoms with E-state index in [0.717, 1.165) is 0 Å². The number of carbonyl (C=O) groups excluding carboxylic acids is 2. The molecule has 0 aliphatic heterocycles. The molecule has 136 valence electrons. The molecule has 0 saturated heterocycles. The summed E-state index contributed by atoms with van der Waals surface area (Å²) >= 11 is 0. The van der Waals surface area contributed by atoms with E-state index in [1.54, 1.807) is 27.7 Å². The lowest BCUT2D eigenvalue weighted by molar-refractivity contribution is -0.417. The second kappa shape index (κ2) is 15.7. The van der Waals surface area contributed by atoms with Gasteiger partial charge in [0.05, 0.1) is 0 Å². The zero-order chi connectivity index (χ0) is 19.0. The van der Waals surface area contributed by atoms with Gasteiger partial charge < -0.3 is 39.5 Å². The fraction of sp³-hybridized carbons (Fsp3) is 0.800. The van der Waals surface area contributed by atoms with E-state index in [0.29, 0.717) is 0 Å². The number of carboxylic acid groups (broad SMARTS) is 4. The Hall–Kier alpha value is -1.70. The molecule has 0 bridgehead atoms. The van der Waals surface area contributed by atoms with Gasteiger partial charge in [-0.25, -0.2) is 20.3 Å². The van der Waals surface area contributed by atoms with Crippen molar-refractivity contribution in [3.8, 4) is 0 Å². The van der Waals surface area contributed by atoms with Crippen molar-refractivity contribution < 1.29 is 59.8 Å². The maximum absolute atomic E-state index is 8.33. The largest absolute Gasteiger partial charge is 0.652 e. The lowest BCUT2D eigenvalue weighted by atomic mass is 10.4. The average Bonchev–Trinajstić information content (AvgIpc) is 2.38. The molecule has 0 atom stereocenters. The Morgan fingerprint density at radius 2 is 0.864 bits per heavy atom. The highest BCUT2D eigenvalue weighted by molar-refractivity contribution is 5.47. The molecule has 0 radical (unpaired) electrons. The highest BCUT2D eigenvalue weighted by Crippen LogP contribution is 2.05. The summed E-state index contributed by atoms with van der Waals surface area (Å²) in [5.74, 6) is -1.72. The molecule has 0 rings (SSSR count). The molecule has 2 N–H and O–H groups in total. The number of carbonyl (C=O) groups is 2. The van der Waals surface area contributed by atoms with E-state index in [1.807, 2.05) is 0 Å². The zero-order valence-electron chi connectivity index (χ0n) is 13.0. The van der Waals surface area contributed by atoms with Crippen molar-refractivity contribution in [3.05, 3.63) is 0 Å². The molecule has 0 fully saturated rings. The Kier molecular flexibility index (Phi) is 20.3. The van der Waals surface area contributed by atoms with Crippen LogP contribution in [0.15, 0.2) is 0 Å². The van der Waals surface area contributed by atoms with Crippen LogP contribution in [-0.4, -0.2) is 48.6 Å². The molecular formula is C10H20O12-4. The second-order valence-corrected chi connectivity index (χ2v) is 3.89. The third kappa shape index (κ3) is 51.6. The third-order valence-electron chi connectivity index (χ3n) is 1.42. The van der Waals surface area contributed by atoms with E-state index in [4.69, 9.17) is 40.5 Å². The lowest BCUT2D eigenvalue weighted by Gasteiger charge is -2.16. The lowest BCUT2D eigenvalue weighted by Crippen LogP contribution is -2.37. The molecule has 0 aliphatic rings. The summed E-state index contributed by atoms with van der Waals surface area (Å²) in [5.41, 5.74) is 0. The summed E-state index contributed by atoms with van der Waals surface area (Å²) in [6, 6.07) is 0. The van der Waals surface area contributed by atoms with Gasteiger partial charge in [-0.1, -0.05) is 0 Å². The monoisotopic (exact) mass is 332 g/mol. The van der Waals surface area contributed by atoms with Crippen molar-refractivity contribution in [2.24, 2.45) is 0 Å². The Morgan fingerprint density at radius 3 is 0.864 bits per heavy atom. The molecule has 0 heterocycles. The fourth-order valence-electron chi connectivity index (χ4n) is 0.0745. The third-order valence-corrected chi connectivity index (χ3v) is 1.42. The average molecular weight is 332 g/mol. The first-order valence-electron chi connectivity index (χ1n) is 5.22. The predicted molar refractivity (Wildman–Crippen MR) is 60.4 cm³/mol. The van der Waals surface area contributed by atoms with Gasteiger partial charge in [-0.15, -0.1) is 0 Å². The SMILES string of the molecule is COC(C)(C)OO.COC(C)(C)OO.O=C([O-])[O-].O=C([O-])[O-]. The van der Waals surface area contributed by atoms with E-state index in [-0.39, 0.29) is 0 Å². The summed E-state index contributed by atoms with van der Waals surface area (Å²) in [7, 11) is 2.91. The van der Waals surface area contributed by atoms with Gasteiger partial charge in [-0.3, -0.25) is 0 Å². The molecule has 22 heavy (non-hydrogen) atoms. The van der Waals surface area contributed by atoms with Crippen LogP contribution in [0.1, 0.15) is 27.7 Å². The van der Waals surface area contributed by atoms with Crippen LogP contribution < -0.4 is 20.4 Å². The summed E-state index contributed by atoms with van der Waals surface area (Å²) < 4.78 is 9.23. The summed E-state index contributed by atoms with van der Waals surface area (Å²) in [5, 5.41) is 49.3. The zero-order valence-corrected chi connectivity index (χ0v) is 13.0. The molecule has 0 aliphatic carbocycles. The van der Waals surface area contributed by atoms with Gasteiger partial charge in [0.15, 0.2) is 11.6 Å². The standard InChI is InChI=1S/2C4H10O3.2CH2O3/c2*1-4(2,6-3)7-5;2*2-1(3)4/h2*5H,1-3H3;2*(H2,2,3,4)/p-4. The van der Waals surface area contributed by atoms with Gasteiger partial charge in [-0.2, -0.15) is 0 Å². The topological polar surface area (TPSA) is 204 Å². The van der Waals surface area contributed by atoms with Crippen LogP contribution in [0.4, 0.5) is 9.59 Å². The first-order chi connectivity index (χ1) is 9.71. The van der Waals surface area contributed by atoms with Gasteiger partial charge in [0.25, 0.3) is 0 Å². The molecule has 0 aromatic carbocycles.